The summed E-state index contributed by atoms with van der Waals surface area (Å²) < 4.78 is 31.3. The molecule has 1 aliphatic heterocycles. The number of ether oxygens (including phenoxy) is 3. The Morgan fingerprint density at radius 3 is 2.74 bits per heavy atom. The van der Waals surface area contributed by atoms with Crippen molar-refractivity contribution in [3.63, 3.8) is 0 Å². The molecule has 0 radical (unpaired) electrons. The number of hydrogen-bond acceptors (Lipinski definition) is 4. The maximum Gasteiger partial charge on any atom is 0.404 e. The number of nitrogens with one attached hydrogen (secondary N) is 1. The second kappa shape index (κ2) is 7.33. The summed E-state index contributed by atoms with van der Waals surface area (Å²) in [4.78, 5) is 10.6. The Kier molecular flexibility index (Phi) is 5.67. The van der Waals surface area contributed by atoms with Crippen LogP contribution in [0.3, 0.4) is 0 Å². The van der Waals surface area contributed by atoms with Crippen molar-refractivity contribution in [1.29, 1.82) is 0 Å². The Labute approximate surface area is 138 Å². The van der Waals surface area contributed by atoms with Crippen molar-refractivity contribution in [3.05, 3.63) is 28.0 Å². The summed E-state index contributed by atoms with van der Waals surface area (Å²) in [6, 6.07) is 1.43. The van der Waals surface area contributed by atoms with E-state index in [1.165, 1.54) is 6.07 Å². The molecule has 1 fully saturated rings. The molecule has 0 saturated carbocycles. The van der Waals surface area contributed by atoms with E-state index in [9.17, 15) is 9.18 Å². The van der Waals surface area contributed by atoms with E-state index in [1.54, 1.807) is 13.8 Å². The molecule has 1 aliphatic rings. The van der Waals surface area contributed by atoms with Gasteiger partial charge in [-0.2, -0.15) is 0 Å². The molecule has 0 bridgehead atoms. The molecule has 23 heavy (non-hydrogen) atoms. The fourth-order valence-corrected chi connectivity index (χ4v) is 2.72. The lowest BCUT2D eigenvalue weighted by atomic mass is 9.99. The zero-order valence-electron chi connectivity index (χ0n) is 12.9. The van der Waals surface area contributed by atoms with E-state index in [0.717, 1.165) is 0 Å². The first-order valence-corrected chi connectivity index (χ1v) is 7.65. The minimum Gasteiger partial charge on any atom is -0.493 e. The molecule has 1 heterocycles. The van der Waals surface area contributed by atoms with Crippen molar-refractivity contribution in [1.82, 2.24) is 5.32 Å². The van der Waals surface area contributed by atoms with Gasteiger partial charge in [0.25, 0.3) is 0 Å². The van der Waals surface area contributed by atoms with Crippen molar-refractivity contribution >= 4 is 17.7 Å². The Morgan fingerprint density at radius 1 is 1.52 bits per heavy atom. The van der Waals surface area contributed by atoms with Gasteiger partial charge in [-0.1, -0.05) is 11.6 Å². The molecule has 8 heteroatoms. The maximum atomic E-state index is 14.4. The molecule has 0 spiro atoms. The molecule has 1 aromatic carbocycles. The summed E-state index contributed by atoms with van der Waals surface area (Å²) in [6.45, 7) is 4.65. The Morgan fingerprint density at radius 2 is 2.17 bits per heavy atom. The van der Waals surface area contributed by atoms with Gasteiger partial charge in [-0.3, -0.25) is 0 Å². The van der Waals surface area contributed by atoms with Crippen LogP contribution in [0.1, 0.15) is 25.0 Å². The predicted octanol–water partition coefficient (Wildman–Crippen LogP) is 2.91. The first-order chi connectivity index (χ1) is 10.9. The van der Waals surface area contributed by atoms with Crippen LogP contribution < -0.4 is 10.1 Å². The normalized spacial score (nSPS) is 16.3. The summed E-state index contributed by atoms with van der Waals surface area (Å²) in [5.74, 6) is -1.42. The van der Waals surface area contributed by atoms with Crippen molar-refractivity contribution in [2.24, 2.45) is 0 Å². The highest BCUT2D eigenvalue weighted by Gasteiger charge is 2.38. The zero-order chi connectivity index (χ0) is 17.0. The van der Waals surface area contributed by atoms with Crippen molar-refractivity contribution in [2.45, 2.75) is 26.1 Å². The van der Waals surface area contributed by atoms with Crippen LogP contribution in [-0.2, 0) is 21.7 Å². The third-order valence-corrected chi connectivity index (χ3v) is 3.81. The Balaban J connectivity index is 2.45. The molecule has 6 nitrogen and oxygen atoms in total. The van der Waals surface area contributed by atoms with Gasteiger partial charge in [0.1, 0.15) is 11.6 Å². The highest BCUT2D eigenvalue weighted by Crippen LogP contribution is 2.42. The number of halogens is 2. The smallest absolute Gasteiger partial charge is 0.404 e. The number of amides is 1. The summed E-state index contributed by atoms with van der Waals surface area (Å²) in [5, 5.41) is 10.8. The molecule has 1 saturated heterocycles. The monoisotopic (exact) mass is 347 g/mol. The number of carboxylic acid groups (broad SMARTS) is 1. The van der Waals surface area contributed by atoms with E-state index in [2.05, 4.69) is 5.32 Å². The van der Waals surface area contributed by atoms with Gasteiger partial charge in [-0.15, -0.1) is 0 Å². The minimum atomic E-state index is -1.18. The van der Waals surface area contributed by atoms with E-state index in [4.69, 9.17) is 30.9 Å². The summed E-state index contributed by atoms with van der Waals surface area (Å²) in [5.41, 5.74) is 0.692. The lowest BCUT2D eigenvalue weighted by Gasteiger charge is -2.27. The predicted molar refractivity (Wildman–Crippen MR) is 81.6 cm³/mol. The number of rotatable bonds is 6. The number of benzene rings is 1. The van der Waals surface area contributed by atoms with E-state index in [-0.39, 0.29) is 29.3 Å². The Bertz CT molecular complexity index is 590. The second-order valence-electron chi connectivity index (χ2n) is 5.09. The lowest BCUT2D eigenvalue weighted by molar-refractivity contribution is -0.150. The molecule has 128 valence electrons. The van der Waals surface area contributed by atoms with E-state index in [0.29, 0.717) is 25.4 Å². The quantitative estimate of drug-likeness (QED) is 0.827. The maximum absolute atomic E-state index is 14.4. The van der Waals surface area contributed by atoms with Gasteiger partial charge in [0.05, 0.1) is 30.4 Å². The van der Waals surface area contributed by atoms with Gasteiger partial charge in [-0.05, 0) is 26.3 Å². The zero-order valence-corrected chi connectivity index (χ0v) is 13.7. The van der Waals surface area contributed by atoms with Gasteiger partial charge >= 0.3 is 6.09 Å². The summed E-state index contributed by atoms with van der Waals surface area (Å²) in [7, 11) is 0. The SMILES string of the molecule is CCOc1c(C2(C)OCCO2)cc(Cl)c(F)c1CCNC(=O)O. The van der Waals surface area contributed by atoms with Crippen molar-refractivity contribution in [3.8, 4) is 5.75 Å². The topological polar surface area (TPSA) is 77.0 Å². The van der Waals surface area contributed by atoms with Crippen LogP contribution in [-0.4, -0.2) is 37.6 Å². The summed E-state index contributed by atoms with van der Waals surface area (Å²) in [6.07, 6.45) is -1.09. The third-order valence-electron chi connectivity index (χ3n) is 3.53. The van der Waals surface area contributed by atoms with Crippen LogP contribution in [0.25, 0.3) is 0 Å². The van der Waals surface area contributed by atoms with Gasteiger partial charge < -0.3 is 24.6 Å². The van der Waals surface area contributed by atoms with E-state index in [1.807, 2.05) is 0 Å². The summed E-state index contributed by atoms with van der Waals surface area (Å²) >= 11 is 5.99. The van der Waals surface area contributed by atoms with Crippen molar-refractivity contribution < 1.29 is 28.5 Å². The van der Waals surface area contributed by atoms with E-state index < -0.39 is 17.7 Å². The molecule has 0 aromatic heterocycles. The Hall–Kier alpha value is -1.57. The standard InChI is InChI=1S/C15H19ClFNO5/c1-3-21-13-9(4-5-18-14(19)20)12(17)11(16)8-10(13)15(2)22-6-7-23-15/h8,18H,3-7H2,1-2H3,(H,19,20). The van der Waals surface area contributed by atoms with E-state index >= 15 is 0 Å². The van der Waals surface area contributed by atoms with Gasteiger partial charge in [0.15, 0.2) is 5.79 Å². The molecule has 0 aliphatic carbocycles. The molecule has 2 rings (SSSR count). The molecule has 0 unspecified atom stereocenters. The van der Waals surface area contributed by atoms with Crippen LogP contribution in [0.15, 0.2) is 6.07 Å². The highest BCUT2D eigenvalue weighted by atomic mass is 35.5. The van der Waals surface area contributed by atoms with Gasteiger partial charge in [0.2, 0.25) is 0 Å². The molecule has 1 aromatic rings. The minimum absolute atomic E-state index is 0.0323. The molecule has 1 amide bonds. The second-order valence-corrected chi connectivity index (χ2v) is 5.49. The lowest BCUT2D eigenvalue weighted by Crippen LogP contribution is -2.26. The fourth-order valence-electron chi connectivity index (χ4n) is 2.50. The van der Waals surface area contributed by atoms with Gasteiger partial charge in [0, 0.05) is 12.1 Å². The van der Waals surface area contributed by atoms with Crippen LogP contribution >= 0.6 is 11.6 Å². The largest absolute Gasteiger partial charge is 0.493 e. The van der Waals surface area contributed by atoms with Crippen LogP contribution in [0.4, 0.5) is 9.18 Å². The number of hydrogen-bond donors (Lipinski definition) is 2. The first-order valence-electron chi connectivity index (χ1n) is 7.28. The highest BCUT2D eigenvalue weighted by molar-refractivity contribution is 6.31. The number of carbonyl (C=O) groups is 1. The molecule has 0 atom stereocenters. The van der Waals surface area contributed by atoms with Crippen LogP contribution in [0.5, 0.6) is 5.75 Å². The van der Waals surface area contributed by atoms with Gasteiger partial charge in [-0.25, -0.2) is 9.18 Å². The molecular formula is C15H19ClFNO5. The average molecular weight is 348 g/mol. The first kappa shape index (κ1) is 17.8. The van der Waals surface area contributed by atoms with Crippen LogP contribution in [0.2, 0.25) is 5.02 Å². The average Bonchev–Trinajstić information content (AvgIpc) is 2.93. The fraction of sp³-hybridized carbons (Fsp3) is 0.533. The third kappa shape index (κ3) is 3.85. The van der Waals surface area contributed by atoms with Crippen molar-refractivity contribution in [2.75, 3.05) is 26.4 Å². The van der Waals surface area contributed by atoms with Crippen LogP contribution in [0, 0.1) is 5.82 Å². The molecular weight excluding hydrogens is 329 g/mol. The molecule has 2 N–H and O–H groups in total.